The molecule has 0 aromatic heterocycles. The Morgan fingerprint density at radius 1 is 1.63 bits per heavy atom. The molecule has 0 spiro atoms. The molecule has 0 aliphatic carbocycles. The Morgan fingerprint density at radius 2 is 2.26 bits per heavy atom. The van der Waals surface area contributed by atoms with Crippen LogP contribution in [0.5, 0.6) is 0 Å². The molecule has 1 rings (SSSR count). The first-order valence-corrected chi connectivity index (χ1v) is 7.04. The molecule has 1 fully saturated rings. The zero-order valence-corrected chi connectivity index (χ0v) is 13.0. The van der Waals surface area contributed by atoms with Crippen LogP contribution in [0.25, 0.3) is 0 Å². The van der Waals surface area contributed by atoms with Gasteiger partial charge < -0.3 is 15.8 Å². The average Bonchev–Trinajstić information content (AvgIpc) is 2.38. The van der Waals surface area contributed by atoms with Crippen LogP contribution in [0.3, 0.4) is 0 Å². The molecule has 5 nitrogen and oxygen atoms in total. The van der Waals surface area contributed by atoms with Crippen LogP contribution in [0, 0.1) is 0 Å². The molecule has 112 valence electrons. The molecule has 1 aliphatic rings. The first kappa shape index (κ1) is 16.4. The summed E-state index contributed by atoms with van der Waals surface area (Å²) in [7, 11) is 3.56. The number of amides is 1. The number of nitrogens with one attached hydrogen (secondary N) is 1. The Balaban J connectivity index is 2.67. The van der Waals surface area contributed by atoms with E-state index in [1.165, 1.54) is 0 Å². The van der Waals surface area contributed by atoms with Crippen LogP contribution in [0.4, 0.5) is 0 Å². The Bertz CT molecular complexity index is 324. The van der Waals surface area contributed by atoms with Crippen LogP contribution in [-0.2, 0) is 9.53 Å². The molecule has 19 heavy (non-hydrogen) atoms. The van der Waals surface area contributed by atoms with Crippen molar-refractivity contribution in [3.63, 3.8) is 0 Å². The highest BCUT2D eigenvalue weighted by Crippen LogP contribution is 2.27. The van der Waals surface area contributed by atoms with Crippen molar-refractivity contribution in [2.75, 3.05) is 27.2 Å². The Kier molecular flexibility index (Phi) is 5.35. The number of methoxy groups -OCH3 is 1. The smallest absolute Gasteiger partial charge is 0.237 e. The van der Waals surface area contributed by atoms with E-state index >= 15 is 0 Å². The van der Waals surface area contributed by atoms with E-state index < -0.39 is 5.54 Å². The minimum Gasteiger partial charge on any atom is -0.377 e. The molecule has 0 bridgehead atoms. The van der Waals surface area contributed by atoms with Gasteiger partial charge in [-0.05, 0) is 53.6 Å². The van der Waals surface area contributed by atoms with Crippen molar-refractivity contribution in [3.8, 4) is 0 Å². The summed E-state index contributed by atoms with van der Waals surface area (Å²) in [6.45, 7) is 8.13. The van der Waals surface area contributed by atoms with Crippen molar-refractivity contribution in [2.45, 2.75) is 57.2 Å². The van der Waals surface area contributed by atoms with Crippen molar-refractivity contribution in [1.82, 2.24) is 10.2 Å². The normalized spacial score (nSPS) is 29.7. The highest BCUT2D eigenvalue weighted by Gasteiger charge is 2.37. The van der Waals surface area contributed by atoms with E-state index in [4.69, 9.17) is 10.5 Å². The largest absolute Gasteiger partial charge is 0.377 e. The summed E-state index contributed by atoms with van der Waals surface area (Å²) in [6, 6.07) is 0.291. The number of likely N-dealkylation sites (N-methyl/N-ethyl adjacent to an activating group) is 1. The zero-order valence-electron chi connectivity index (χ0n) is 13.0. The number of hydrogen-bond donors (Lipinski definition) is 2. The number of ether oxygens (including phenoxy) is 1. The zero-order chi connectivity index (χ0) is 14.7. The minimum absolute atomic E-state index is 0.0741. The van der Waals surface area contributed by atoms with Crippen molar-refractivity contribution >= 4 is 5.91 Å². The molecule has 3 N–H and O–H groups in total. The van der Waals surface area contributed by atoms with Gasteiger partial charge in [0.1, 0.15) is 0 Å². The highest BCUT2D eigenvalue weighted by atomic mass is 16.5. The summed E-state index contributed by atoms with van der Waals surface area (Å²) in [6.07, 6.45) is 2.92. The number of carbonyl (C=O) groups excluding carboxylic acids is 1. The lowest BCUT2D eigenvalue weighted by Gasteiger charge is -2.44. The summed E-state index contributed by atoms with van der Waals surface area (Å²) in [5.41, 5.74) is 4.77. The van der Waals surface area contributed by atoms with Gasteiger partial charge in [-0.1, -0.05) is 0 Å². The molecule has 0 radical (unpaired) electrons. The number of nitrogens with two attached hydrogens (primary N) is 1. The molecule has 3 atom stereocenters. The molecule has 1 amide bonds. The van der Waals surface area contributed by atoms with Crippen LogP contribution in [0.1, 0.15) is 40.0 Å². The van der Waals surface area contributed by atoms with Gasteiger partial charge in [-0.15, -0.1) is 0 Å². The second-order valence-corrected chi connectivity index (χ2v) is 6.23. The van der Waals surface area contributed by atoms with Gasteiger partial charge in [0.15, 0.2) is 0 Å². The number of primary amides is 1. The van der Waals surface area contributed by atoms with Crippen molar-refractivity contribution in [1.29, 1.82) is 0 Å². The maximum absolute atomic E-state index is 11.6. The van der Waals surface area contributed by atoms with Crippen LogP contribution >= 0.6 is 0 Å². The fourth-order valence-corrected chi connectivity index (χ4v) is 2.83. The van der Waals surface area contributed by atoms with E-state index in [0.717, 1.165) is 25.9 Å². The quantitative estimate of drug-likeness (QED) is 0.747. The minimum atomic E-state index is -0.652. The number of hydrogen-bond acceptors (Lipinski definition) is 4. The lowest BCUT2D eigenvalue weighted by Crippen LogP contribution is -2.57. The SMILES string of the molecule is CNC(C)(CC(C)N1CCCC(C)(OC)C1)C(N)=O. The van der Waals surface area contributed by atoms with Gasteiger partial charge in [0, 0.05) is 19.7 Å². The molecular weight excluding hydrogens is 242 g/mol. The van der Waals surface area contributed by atoms with E-state index in [-0.39, 0.29) is 11.5 Å². The van der Waals surface area contributed by atoms with Crippen molar-refractivity contribution < 1.29 is 9.53 Å². The lowest BCUT2D eigenvalue weighted by atomic mass is 9.89. The number of carbonyl (C=O) groups is 1. The lowest BCUT2D eigenvalue weighted by molar-refractivity contribution is -0.124. The van der Waals surface area contributed by atoms with E-state index in [9.17, 15) is 4.79 Å². The standard InChI is InChI=1S/C14H29N3O2/c1-11(9-14(3,16-4)12(15)18)17-8-6-7-13(2,10-17)19-5/h11,16H,6-10H2,1-5H3,(H2,15,18). The molecule has 0 aromatic carbocycles. The van der Waals surface area contributed by atoms with Gasteiger partial charge in [-0.25, -0.2) is 0 Å². The maximum Gasteiger partial charge on any atom is 0.237 e. The number of likely N-dealkylation sites (tertiary alicyclic amines) is 1. The van der Waals surface area contributed by atoms with Gasteiger partial charge in [-0.3, -0.25) is 9.69 Å². The monoisotopic (exact) mass is 271 g/mol. The second kappa shape index (κ2) is 6.20. The Labute approximate surface area is 116 Å². The first-order valence-electron chi connectivity index (χ1n) is 7.04. The Morgan fingerprint density at radius 3 is 2.74 bits per heavy atom. The fourth-order valence-electron chi connectivity index (χ4n) is 2.83. The Hall–Kier alpha value is -0.650. The second-order valence-electron chi connectivity index (χ2n) is 6.23. The molecule has 5 heteroatoms. The first-order chi connectivity index (χ1) is 8.76. The average molecular weight is 271 g/mol. The predicted octanol–water partition coefficient (Wildman–Crippen LogP) is 0.729. The molecule has 3 unspecified atom stereocenters. The van der Waals surface area contributed by atoms with Crippen LogP contribution in [0.15, 0.2) is 0 Å². The summed E-state index contributed by atoms with van der Waals surface area (Å²) < 4.78 is 5.61. The van der Waals surface area contributed by atoms with Crippen LogP contribution < -0.4 is 11.1 Å². The molecular formula is C14H29N3O2. The topological polar surface area (TPSA) is 67.6 Å². The van der Waals surface area contributed by atoms with E-state index in [1.807, 2.05) is 6.92 Å². The molecule has 0 aromatic rings. The third kappa shape index (κ3) is 3.91. The fraction of sp³-hybridized carbons (Fsp3) is 0.929. The maximum atomic E-state index is 11.6. The van der Waals surface area contributed by atoms with Crippen molar-refractivity contribution in [2.24, 2.45) is 5.73 Å². The summed E-state index contributed by atoms with van der Waals surface area (Å²) in [4.78, 5) is 14.0. The van der Waals surface area contributed by atoms with Gasteiger partial charge in [0.25, 0.3) is 0 Å². The third-order valence-electron chi connectivity index (χ3n) is 4.60. The summed E-state index contributed by atoms with van der Waals surface area (Å²) in [5, 5.41) is 3.05. The molecule has 1 heterocycles. The van der Waals surface area contributed by atoms with Gasteiger partial charge in [0.05, 0.1) is 11.1 Å². The van der Waals surface area contributed by atoms with Crippen molar-refractivity contribution in [3.05, 3.63) is 0 Å². The summed E-state index contributed by atoms with van der Waals surface area (Å²) in [5.74, 6) is -0.298. The highest BCUT2D eigenvalue weighted by molar-refractivity contribution is 5.84. The van der Waals surface area contributed by atoms with Crippen LogP contribution in [-0.4, -0.2) is 55.2 Å². The van der Waals surface area contributed by atoms with E-state index in [2.05, 4.69) is 24.1 Å². The van der Waals surface area contributed by atoms with Gasteiger partial charge in [-0.2, -0.15) is 0 Å². The molecule has 0 saturated carbocycles. The van der Waals surface area contributed by atoms with Crippen LogP contribution in [0.2, 0.25) is 0 Å². The molecule has 1 aliphatic heterocycles. The van der Waals surface area contributed by atoms with Gasteiger partial charge in [0.2, 0.25) is 5.91 Å². The number of rotatable bonds is 6. The summed E-state index contributed by atoms with van der Waals surface area (Å²) >= 11 is 0. The predicted molar refractivity (Wildman–Crippen MR) is 77.0 cm³/mol. The molecule has 1 saturated heterocycles. The van der Waals surface area contributed by atoms with Gasteiger partial charge >= 0.3 is 0 Å². The number of nitrogens with zero attached hydrogens (tertiary/aromatic N) is 1. The third-order valence-corrected chi connectivity index (χ3v) is 4.60. The van der Waals surface area contributed by atoms with E-state index in [1.54, 1.807) is 14.2 Å². The number of piperidine rings is 1. The van der Waals surface area contributed by atoms with E-state index in [0.29, 0.717) is 12.5 Å².